The molecular formula is C19H28N4O3. The molecule has 0 aromatic carbocycles. The van der Waals surface area contributed by atoms with Crippen LogP contribution in [0.2, 0.25) is 0 Å². The number of hydrogen-bond donors (Lipinski definition) is 0. The number of hydrogen-bond acceptors (Lipinski definition) is 6. The summed E-state index contributed by atoms with van der Waals surface area (Å²) >= 11 is 0. The molecule has 0 N–H and O–H groups in total. The molecular weight excluding hydrogens is 332 g/mol. The summed E-state index contributed by atoms with van der Waals surface area (Å²) in [4.78, 5) is 46.1. The highest BCUT2D eigenvalue weighted by atomic mass is 16.2. The highest BCUT2D eigenvalue weighted by Crippen LogP contribution is 2.31. The number of rotatable bonds is 4. The first-order valence-electron chi connectivity index (χ1n) is 9.99. The maximum absolute atomic E-state index is 12.1. The molecule has 4 rings (SSSR count). The average Bonchev–Trinajstić information content (AvgIpc) is 2.70. The number of fused-ring (bicyclic) bond motifs is 1. The van der Waals surface area contributed by atoms with E-state index in [1.807, 2.05) is 4.90 Å². The molecule has 1 saturated carbocycles. The van der Waals surface area contributed by atoms with Crippen molar-refractivity contribution in [2.45, 2.75) is 44.2 Å². The van der Waals surface area contributed by atoms with Crippen molar-refractivity contribution in [2.24, 2.45) is 10.9 Å². The van der Waals surface area contributed by atoms with Crippen LogP contribution in [0, 0.1) is 5.92 Å². The zero-order valence-corrected chi connectivity index (χ0v) is 15.3. The Balaban J connectivity index is 1.41. The molecule has 3 heterocycles. The van der Waals surface area contributed by atoms with E-state index >= 15 is 0 Å². The second-order valence-corrected chi connectivity index (χ2v) is 8.00. The fraction of sp³-hybridized carbons (Fsp3) is 0.789. The number of carbonyl (C=O) groups is 3. The summed E-state index contributed by atoms with van der Waals surface area (Å²) in [6.07, 6.45) is 7.03. The molecule has 1 amide bonds. The summed E-state index contributed by atoms with van der Waals surface area (Å²) in [7, 11) is 0. The molecule has 0 bridgehead atoms. The topological polar surface area (TPSA) is 73.3 Å². The monoisotopic (exact) mass is 360 g/mol. The van der Waals surface area contributed by atoms with Gasteiger partial charge in [-0.05, 0) is 44.7 Å². The van der Waals surface area contributed by atoms with Crippen molar-refractivity contribution in [3.05, 3.63) is 0 Å². The van der Waals surface area contributed by atoms with E-state index in [2.05, 4.69) is 9.89 Å². The minimum Gasteiger partial charge on any atom is -0.343 e. The lowest BCUT2D eigenvalue weighted by atomic mass is 9.82. The van der Waals surface area contributed by atoms with Gasteiger partial charge in [0.15, 0.2) is 0 Å². The first kappa shape index (κ1) is 17.8. The summed E-state index contributed by atoms with van der Waals surface area (Å²) in [5, 5.41) is 0. The number of amides is 1. The first-order valence-corrected chi connectivity index (χ1v) is 9.99. The van der Waals surface area contributed by atoms with Gasteiger partial charge in [-0.1, -0.05) is 6.42 Å². The maximum Gasteiger partial charge on any atom is 0.246 e. The Morgan fingerprint density at radius 3 is 2.46 bits per heavy atom. The van der Waals surface area contributed by atoms with E-state index in [0.717, 1.165) is 6.41 Å². The van der Waals surface area contributed by atoms with Crippen LogP contribution >= 0.6 is 0 Å². The Morgan fingerprint density at radius 2 is 1.69 bits per heavy atom. The van der Waals surface area contributed by atoms with Crippen LogP contribution in [0.4, 0.5) is 0 Å². The lowest BCUT2D eigenvalue weighted by Crippen LogP contribution is -2.65. The minimum absolute atomic E-state index is 0.328. The van der Waals surface area contributed by atoms with Crippen LogP contribution in [0.5, 0.6) is 0 Å². The summed E-state index contributed by atoms with van der Waals surface area (Å²) in [6.45, 7) is 5.52. The van der Waals surface area contributed by atoms with Gasteiger partial charge in [0.1, 0.15) is 11.8 Å². The average molecular weight is 360 g/mol. The molecule has 3 aliphatic heterocycles. The molecule has 4 aliphatic rings. The van der Waals surface area contributed by atoms with E-state index in [0.29, 0.717) is 50.4 Å². The molecule has 26 heavy (non-hydrogen) atoms. The van der Waals surface area contributed by atoms with E-state index in [-0.39, 0.29) is 5.78 Å². The van der Waals surface area contributed by atoms with Crippen molar-refractivity contribution in [1.29, 1.82) is 0 Å². The Labute approximate surface area is 154 Å². The molecule has 7 heteroatoms. The fourth-order valence-electron chi connectivity index (χ4n) is 5.02. The first-order chi connectivity index (χ1) is 12.7. The van der Waals surface area contributed by atoms with Crippen LogP contribution in [-0.4, -0.2) is 96.3 Å². The van der Waals surface area contributed by atoms with Crippen molar-refractivity contribution in [1.82, 2.24) is 14.7 Å². The number of nitrogens with zero attached hydrogens (tertiary/aromatic N) is 4. The molecule has 3 atom stereocenters. The lowest BCUT2D eigenvalue weighted by molar-refractivity contribution is -0.139. The number of Topliss-reactive ketones (excluding diaryl/α,β-unsaturated/α-hetero) is 2. The number of piperidine rings is 2. The van der Waals surface area contributed by atoms with Gasteiger partial charge in [0, 0.05) is 38.8 Å². The van der Waals surface area contributed by atoms with Gasteiger partial charge in [-0.2, -0.15) is 0 Å². The summed E-state index contributed by atoms with van der Waals surface area (Å²) < 4.78 is 0. The summed E-state index contributed by atoms with van der Waals surface area (Å²) in [5.74, 6) is -0.219. The molecule has 0 radical (unpaired) electrons. The fourth-order valence-corrected chi connectivity index (χ4v) is 5.02. The highest BCUT2D eigenvalue weighted by molar-refractivity contribution is 6.80. The third kappa shape index (κ3) is 3.22. The number of piperazine rings is 1. The van der Waals surface area contributed by atoms with E-state index in [4.69, 9.17) is 0 Å². The number of ketones is 2. The van der Waals surface area contributed by atoms with Gasteiger partial charge in [-0.15, -0.1) is 0 Å². The van der Waals surface area contributed by atoms with Crippen molar-refractivity contribution in [3.8, 4) is 0 Å². The largest absolute Gasteiger partial charge is 0.343 e. The van der Waals surface area contributed by atoms with Crippen LogP contribution < -0.4 is 0 Å². The zero-order valence-electron chi connectivity index (χ0n) is 15.3. The van der Waals surface area contributed by atoms with Crippen LogP contribution in [0.15, 0.2) is 4.99 Å². The molecule has 0 spiro atoms. The van der Waals surface area contributed by atoms with Gasteiger partial charge in [0.25, 0.3) is 0 Å². The molecule has 0 unspecified atom stereocenters. The van der Waals surface area contributed by atoms with Gasteiger partial charge in [0.05, 0.1) is 0 Å². The van der Waals surface area contributed by atoms with Gasteiger partial charge in [-0.3, -0.25) is 24.3 Å². The Bertz CT molecular complexity index is 610. The highest BCUT2D eigenvalue weighted by Gasteiger charge is 2.49. The predicted molar refractivity (Wildman–Crippen MR) is 97.3 cm³/mol. The van der Waals surface area contributed by atoms with Crippen molar-refractivity contribution >= 4 is 23.7 Å². The van der Waals surface area contributed by atoms with Crippen LogP contribution in [0.25, 0.3) is 0 Å². The van der Waals surface area contributed by atoms with E-state index in [1.165, 1.54) is 45.2 Å². The van der Waals surface area contributed by atoms with Gasteiger partial charge < -0.3 is 9.80 Å². The maximum atomic E-state index is 12.1. The van der Waals surface area contributed by atoms with Crippen LogP contribution in [-0.2, 0) is 14.4 Å². The van der Waals surface area contributed by atoms with E-state index in [1.54, 1.807) is 4.90 Å². The standard InChI is InChI=1S/C19H28N4O3/c24-13-21-8-10-23(11-9-21)17-16(18(25)19(17)26)20-12-14-4-3-7-22-6-2-1-5-15(14)22/h13-15,17H,1-12H2/t14-,15+,17-/m0/s1. The Hall–Kier alpha value is -1.60. The number of carbonyl (C=O) groups excluding carboxylic acids is 3. The number of aliphatic imine (C=N–C) groups is 1. The summed E-state index contributed by atoms with van der Waals surface area (Å²) in [6, 6.07) is 0.129. The third-order valence-electron chi connectivity index (χ3n) is 6.55. The van der Waals surface area contributed by atoms with E-state index in [9.17, 15) is 14.4 Å². The Kier molecular flexibility index (Phi) is 5.18. The second-order valence-electron chi connectivity index (χ2n) is 8.00. The lowest BCUT2D eigenvalue weighted by Gasteiger charge is -2.44. The van der Waals surface area contributed by atoms with Gasteiger partial charge >= 0.3 is 0 Å². The van der Waals surface area contributed by atoms with Crippen molar-refractivity contribution in [3.63, 3.8) is 0 Å². The quantitative estimate of drug-likeness (QED) is 0.521. The van der Waals surface area contributed by atoms with Crippen LogP contribution in [0.3, 0.4) is 0 Å². The van der Waals surface area contributed by atoms with Crippen LogP contribution in [0.1, 0.15) is 32.1 Å². The van der Waals surface area contributed by atoms with Crippen molar-refractivity contribution < 1.29 is 14.4 Å². The smallest absolute Gasteiger partial charge is 0.246 e. The van der Waals surface area contributed by atoms with Gasteiger partial charge in [-0.25, -0.2) is 0 Å². The van der Waals surface area contributed by atoms with E-state index < -0.39 is 11.8 Å². The molecule has 7 nitrogen and oxygen atoms in total. The van der Waals surface area contributed by atoms with Gasteiger partial charge in [0.2, 0.25) is 18.0 Å². The molecule has 0 aromatic rings. The second kappa shape index (κ2) is 7.56. The molecule has 3 saturated heterocycles. The van der Waals surface area contributed by atoms with Crippen molar-refractivity contribution in [2.75, 3.05) is 45.8 Å². The normalized spacial score (nSPS) is 35.3. The minimum atomic E-state index is -0.470. The molecule has 142 valence electrons. The predicted octanol–water partition coefficient (Wildman–Crippen LogP) is -0.0137. The summed E-state index contributed by atoms with van der Waals surface area (Å²) in [5.41, 5.74) is 0.461. The third-order valence-corrected chi connectivity index (χ3v) is 6.55. The SMILES string of the molecule is O=CN1CCN([C@@H]2C(=O)C(=O)C2=NC[C@@H]2CCCN3CCCC[C@H]23)CC1. The molecule has 1 aliphatic carbocycles. The zero-order chi connectivity index (χ0) is 18.1. The Morgan fingerprint density at radius 1 is 0.923 bits per heavy atom. The molecule has 0 aromatic heterocycles. The molecule has 4 fully saturated rings.